The van der Waals surface area contributed by atoms with Gasteiger partial charge in [0.25, 0.3) is 5.91 Å². The summed E-state index contributed by atoms with van der Waals surface area (Å²) < 4.78 is 0. The summed E-state index contributed by atoms with van der Waals surface area (Å²) >= 11 is 1.81. The van der Waals surface area contributed by atoms with Gasteiger partial charge in [0.2, 0.25) is 0 Å². The number of thioether (sulfide) groups is 1. The van der Waals surface area contributed by atoms with Gasteiger partial charge in [-0.25, -0.2) is 0 Å². The Balaban J connectivity index is 1.65. The number of hydrogen-bond acceptors (Lipinski definition) is 2. The van der Waals surface area contributed by atoms with Gasteiger partial charge in [-0.15, -0.1) is 11.8 Å². The fraction of sp³-hybridized carbons (Fsp3) is 0.136. The maximum atomic E-state index is 12.4. The average molecular weight is 347 g/mol. The lowest BCUT2D eigenvalue weighted by Crippen LogP contribution is -2.12. The number of rotatable bonds is 5. The number of nitrogens with one attached hydrogen (secondary N) is 1. The van der Waals surface area contributed by atoms with Crippen molar-refractivity contribution in [2.75, 3.05) is 5.32 Å². The number of amides is 1. The quantitative estimate of drug-likeness (QED) is 0.587. The second kappa shape index (κ2) is 8.04. The predicted octanol–water partition coefficient (Wildman–Crippen LogP) is 5.85. The van der Waals surface area contributed by atoms with Crippen LogP contribution in [-0.2, 0) is 5.75 Å². The van der Waals surface area contributed by atoms with Crippen molar-refractivity contribution >= 4 is 23.4 Å². The van der Waals surface area contributed by atoms with Crippen LogP contribution in [0.25, 0.3) is 0 Å². The minimum atomic E-state index is -0.0745. The summed E-state index contributed by atoms with van der Waals surface area (Å²) in [6.07, 6.45) is 0. The summed E-state index contributed by atoms with van der Waals surface area (Å²) in [6.45, 7) is 4.04. The first kappa shape index (κ1) is 17.3. The molecule has 3 heteroatoms. The third kappa shape index (κ3) is 4.74. The van der Waals surface area contributed by atoms with Gasteiger partial charge in [-0.3, -0.25) is 4.79 Å². The maximum Gasteiger partial charge on any atom is 0.255 e. The molecule has 0 bridgehead atoms. The summed E-state index contributed by atoms with van der Waals surface area (Å²) in [5.41, 5.74) is 5.01. The molecule has 126 valence electrons. The van der Waals surface area contributed by atoms with E-state index >= 15 is 0 Å². The molecular weight excluding hydrogens is 326 g/mol. The van der Waals surface area contributed by atoms with E-state index < -0.39 is 0 Å². The zero-order chi connectivity index (χ0) is 17.6. The van der Waals surface area contributed by atoms with Crippen molar-refractivity contribution in [2.45, 2.75) is 24.5 Å². The predicted molar refractivity (Wildman–Crippen MR) is 106 cm³/mol. The first-order chi connectivity index (χ1) is 12.1. The standard InChI is InChI=1S/C22H21NOS/c1-16-8-11-19(12-9-16)22(24)23-21-13-10-18(14-17(21)2)15-25-20-6-4-3-5-7-20/h3-14H,15H2,1-2H3,(H,23,24). The molecule has 0 heterocycles. The molecule has 2 nitrogen and oxygen atoms in total. The first-order valence-electron chi connectivity index (χ1n) is 8.27. The fourth-order valence-electron chi connectivity index (χ4n) is 2.54. The van der Waals surface area contributed by atoms with Gasteiger partial charge in [-0.1, -0.05) is 48.0 Å². The van der Waals surface area contributed by atoms with Crippen molar-refractivity contribution in [3.8, 4) is 0 Å². The molecule has 0 saturated carbocycles. The zero-order valence-electron chi connectivity index (χ0n) is 14.5. The number of benzene rings is 3. The van der Waals surface area contributed by atoms with Gasteiger partial charge in [0.05, 0.1) is 0 Å². The van der Waals surface area contributed by atoms with E-state index in [0.717, 1.165) is 22.6 Å². The molecule has 1 N–H and O–H groups in total. The monoisotopic (exact) mass is 347 g/mol. The molecule has 0 aliphatic carbocycles. The highest BCUT2D eigenvalue weighted by molar-refractivity contribution is 7.98. The van der Waals surface area contributed by atoms with E-state index in [4.69, 9.17) is 0 Å². The molecule has 3 rings (SSSR count). The molecule has 3 aromatic carbocycles. The van der Waals surface area contributed by atoms with E-state index in [1.54, 1.807) is 0 Å². The van der Waals surface area contributed by atoms with Crippen LogP contribution in [0.2, 0.25) is 0 Å². The Morgan fingerprint density at radius 2 is 1.64 bits per heavy atom. The van der Waals surface area contributed by atoms with E-state index in [-0.39, 0.29) is 5.91 Å². The highest BCUT2D eigenvalue weighted by atomic mass is 32.2. The molecule has 0 saturated heterocycles. The molecule has 0 aliphatic rings. The van der Waals surface area contributed by atoms with Gasteiger partial charge in [0.15, 0.2) is 0 Å². The lowest BCUT2D eigenvalue weighted by Gasteiger charge is -2.11. The number of hydrogen-bond donors (Lipinski definition) is 1. The smallest absolute Gasteiger partial charge is 0.255 e. The van der Waals surface area contributed by atoms with Crippen LogP contribution in [0, 0.1) is 13.8 Å². The second-order valence-corrected chi connectivity index (χ2v) is 7.12. The van der Waals surface area contributed by atoms with Crippen LogP contribution in [-0.4, -0.2) is 5.91 Å². The number of carbonyl (C=O) groups excluding carboxylic acids is 1. The van der Waals surface area contributed by atoms with Crippen LogP contribution in [0.1, 0.15) is 27.0 Å². The van der Waals surface area contributed by atoms with Gasteiger partial charge in [-0.2, -0.15) is 0 Å². The van der Waals surface area contributed by atoms with Gasteiger partial charge >= 0.3 is 0 Å². The molecule has 3 aromatic rings. The topological polar surface area (TPSA) is 29.1 Å². The molecule has 0 aliphatic heterocycles. The highest BCUT2D eigenvalue weighted by Crippen LogP contribution is 2.25. The van der Waals surface area contributed by atoms with E-state index in [1.807, 2.05) is 62.0 Å². The van der Waals surface area contributed by atoms with Crippen molar-refractivity contribution in [3.63, 3.8) is 0 Å². The van der Waals surface area contributed by atoms with Crippen molar-refractivity contribution < 1.29 is 4.79 Å². The lowest BCUT2D eigenvalue weighted by atomic mass is 10.1. The molecule has 0 atom stereocenters. The SMILES string of the molecule is Cc1ccc(C(=O)Nc2ccc(CSc3ccccc3)cc2C)cc1. The third-order valence-corrected chi connectivity index (χ3v) is 5.08. The van der Waals surface area contributed by atoms with E-state index in [1.165, 1.54) is 10.5 Å². The average Bonchev–Trinajstić information content (AvgIpc) is 2.63. The van der Waals surface area contributed by atoms with Gasteiger partial charge in [-0.05, 0) is 55.3 Å². The normalized spacial score (nSPS) is 10.5. The van der Waals surface area contributed by atoms with Crippen LogP contribution in [0.15, 0.2) is 77.7 Å². The van der Waals surface area contributed by atoms with E-state index in [9.17, 15) is 4.79 Å². The van der Waals surface area contributed by atoms with E-state index in [2.05, 4.69) is 41.7 Å². The Labute approximate surface area is 153 Å². The molecule has 0 fully saturated rings. The van der Waals surface area contributed by atoms with Crippen molar-refractivity contribution in [1.82, 2.24) is 0 Å². The Morgan fingerprint density at radius 1 is 0.920 bits per heavy atom. The summed E-state index contributed by atoms with van der Waals surface area (Å²) in [6, 6.07) is 24.2. The van der Waals surface area contributed by atoms with Crippen LogP contribution < -0.4 is 5.32 Å². The highest BCUT2D eigenvalue weighted by Gasteiger charge is 2.08. The molecule has 1 amide bonds. The fourth-order valence-corrected chi connectivity index (χ4v) is 3.40. The van der Waals surface area contributed by atoms with Gasteiger partial charge < -0.3 is 5.32 Å². The summed E-state index contributed by atoms with van der Waals surface area (Å²) in [5, 5.41) is 3.00. The largest absolute Gasteiger partial charge is 0.322 e. The number of aryl methyl sites for hydroxylation is 2. The second-order valence-electron chi connectivity index (χ2n) is 6.07. The van der Waals surface area contributed by atoms with Crippen molar-refractivity contribution in [2.24, 2.45) is 0 Å². The van der Waals surface area contributed by atoms with Gasteiger partial charge in [0.1, 0.15) is 0 Å². The lowest BCUT2D eigenvalue weighted by molar-refractivity contribution is 0.102. The summed E-state index contributed by atoms with van der Waals surface area (Å²) in [4.78, 5) is 13.6. The summed E-state index contributed by atoms with van der Waals surface area (Å²) in [7, 11) is 0. The molecular formula is C22H21NOS. The molecule has 25 heavy (non-hydrogen) atoms. The molecule has 0 radical (unpaired) electrons. The van der Waals surface area contributed by atoms with Crippen LogP contribution >= 0.6 is 11.8 Å². The first-order valence-corrected chi connectivity index (χ1v) is 9.26. The maximum absolute atomic E-state index is 12.4. The minimum Gasteiger partial charge on any atom is -0.322 e. The Hall–Kier alpha value is -2.52. The molecule has 0 unspecified atom stereocenters. The van der Waals surface area contributed by atoms with Crippen LogP contribution in [0.4, 0.5) is 5.69 Å². The zero-order valence-corrected chi connectivity index (χ0v) is 15.3. The van der Waals surface area contributed by atoms with Gasteiger partial charge in [0, 0.05) is 21.9 Å². The minimum absolute atomic E-state index is 0.0745. The molecule has 0 aromatic heterocycles. The Bertz CT molecular complexity index is 857. The van der Waals surface area contributed by atoms with Crippen LogP contribution in [0.3, 0.4) is 0 Å². The number of anilines is 1. The Morgan fingerprint density at radius 3 is 2.32 bits per heavy atom. The summed E-state index contributed by atoms with van der Waals surface area (Å²) in [5.74, 6) is 0.839. The third-order valence-electron chi connectivity index (χ3n) is 4.00. The number of carbonyl (C=O) groups is 1. The molecule has 0 spiro atoms. The van der Waals surface area contributed by atoms with Crippen molar-refractivity contribution in [3.05, 3.63) is 95.1 Å². The van der Waals surface area contributed by atoms with Crippen LogP contribution in [0.5, 0.6) is 0 Å². The van der Waals surface area contributed by atoms with Crippen molar-refractivity contribution in [1.29, 1.82) is 0 Å². The van der Waals surface area contributed by atoms with E-state index in [0.29, 0.717) is 5.56 Å². The Kier molecular flexibility index (Phi) is 5.56.